The van der Waals surface area contributed by atoms with Crippen molar-refractivity contribution in [3.8, 4) is 0 Å². The van der Waals surface area contributed by atoms with Crippen LogP contribution in [0.3, 0.4) is 0 Å². The lowest BCUT2D eigenvalue weighted by atomic mass is 9.94. The largest absolute Gasteiger partial charge is 0.268 e. The van der Waals surface area contributed by atoms with Crippen LogP contribution in [0.4, 0.5) is 5.82 Å². The van der Waals surface area contributed by atoms with E-state index < -0.39 is 0 Å². The highest BCUT2D eigenvalue weighted by Crippen LogP contribution is 2.32. The van der Waals surface area contributed by atoms with Crippen LogP contribution in [0.1, 0.15) is 20.7 Å². The Morgan fingerprint density at radius 1 is 0.654 bits per heavy atom. The zero-order chi connectivity index (χ0) is 17.0. The van der Waals surface area contributed by atoms with Gasteiger partial charge in [0.1, 0.15) is 5.82 Å². The van der Waals surface area contributed by atoms with Gasteiger partial charge >= 0.3 is 0 Å². The maximum absolute atomic E-state index is 13.0. The van der Waals surface area contributed by atoms with Gasteiger partial charge in [-0.2, -0.15) is 0 Å². The van der Waals surface area contributed by atoms with Gasteiger partial charge in [0.2, 0.25) is 0 Å². The number of carbonyl (C=O) groups is 2. The first-order chi connectivity index (χ1) is 12.2. The Morgan fingerprint density at radius 2 is 1.27 bits per heavy atom. The lowest BCUT2D eigenvalue weighted by Gasteiger charge is -2.26. The van der Waals surface area contributed by atoms with E-state index in [0.29, 0.717) is 16.9 Å². The van der Waals surface area contributed by atoms with Crippen molar-refractivity contribution in [3.63, 3.8) is 0 Å². The third-order valence-electron chi connectivity index (χ3n) is 4.58. The predicted octanol–water partition coefficient (Wildman–Crippen LogP) is 4.61. The number of fused-ring (bicyclic) bond motifs is 1. The van der Waals surface area contributed by atoms with Crippen LogP contribution in [-0.2, 0) is 0 Å². The fourth-order valence-corrected chi connectivity index (χ4v) is 3.42. The molecule has 26 heavy (non-hydrogen) atoms. The quantitative estimate of drug-likeness (QED) is 0.466. The molecule has 5 heteroatoms. The number of amides is 2. The van der Waals surface area contributed by atoms with E-state index in [1.165, 1.54) is 4.90 Å². The number of nitrogens with zero attached hydrogens (tertiary/aromatic N) is 2. The van der Waals surface area contributed by atoms with Crippen LogP contribution in [0.5, 0.6) is 0 Å². The average Bonchev–Trinajstić information content (AvgIpc) is 2.66. The number of rotatable bonds is 1. The summed E-state index contributed by atoms with van der Waals surface area (Å²) in [5.74, 6) is -0.325. The fraction of sp³-hybridized carbons (Fsp3) is 0. The highest BCUT2D eigenvalue weighted by Gasteiger charge is 2.34. The molecule has 0 fully saturated rings. The number of hydrogen-bond acceptors (Lipinski definition) is 3. The van der Waals surface area contributed by atoms with E-state index in [-0.39, 0.29) is 24.2 Å². The molecule has 5 rings (SSSR count). The number of hydrogen-bond donors (Lipinski definition) is 0. The molecule has 1 aromatic heterocycles. The molecule has 0 atom stereocenters. The molecule has 0 spiro atoms. The van der Waals surface area contributed by atoms with Gasteiger partial charge in [-0.15, -0.1) is 12.4 Å². The van der Waals surface area contributed by atoms with Crippen molar-refractivity contribution in [2.75, 3.05) is 4.90 Å². The maximum Gasteiger partial charge on any atom is 0.267 e. The Labute approximate surface area is 155 Å². The van der Waals surface area contributed by atoms with Crippen molar-refractivity contribution < 1.29 is 9.59 Å². The molecule has 4 aromatic rings. The Kier molecular flexibility index (Phi) is 3.71. The first-order valence-electron chi connectivity index (χ1n) is 8.00. The van der Waals surface area contributed by atoms with E-state index in [1.54, 1.807) is 18.2 Å². The highest BCUT2D eigenvalue weighted by molar-refractivity contribution is 6.35. The van der Waals surface area contributed by atoms with Crippen LogP contribution in [0.15, 0.2) is 72.8 Å². The number of halogens is 1. The van der Waals surface area contributed by atoms with Crippen molar-refractivity contribution in [3.05, 3.63) is 83.9 Å². The van der Waals surface area contributed by atoms with E-state index >= 15 is 0 Å². The number of imide groups is 1. The molecule has 126 valence electrons. The molecule has 1 aliphatic rings. The predicted molar refractivity (Wildman–Crippen MR) is 104 cm³/mol. The van der Waals surface area contributed by atoms with Gasteiger partial charge in [-0.1, -0.05) is 42.5 Å². The average molecular weight is 361 g/mol. The summed E-state index contributed by atoms with van der Waals surface area (Å²) in [6, 6.07) is 22.2. The van der Waals surface area contributed by atoms with Gasteiger partial charge in [-0.05, 0) is 35.7 Å². The fourth-order valence-electron chi connectivity index (χ4n) is 3.42. The van der Waals surface area contributed by atoms with Crippen LogP contribution >= 0.6 is 12.4 Å². The summed E-state index contributed by atoms with van der Waals surface area (Å²) in [4.78, 5) is 31.7. The van der Waals surface area contributed by atoms with Crippen LogP contribution in [-0.4, -0.2) is 16.8 Å². The summed E-state index contributed by atoms with van der Waals surface area (Å²) in [7, 11) is 0. The molecule has 3 aromatic carbocycles. The minimum absolute atomic E-state index is 0. The van der Waals surface area contributed by atoms with E-state index in [0.717, 1.165) is 21.7 Å². The van der Waals surface area contributed by atoms with E-state index in [1.807, 2.05) is 54.6 Å². The monoisotopic (exact) mass is 360 g/mol. The Morgan fingerprint density at radius 3 is 1.96 bits per heavy atom. The minimum atomic E-state index is -0.336. The maximum atomic E-state index is 13.0. The molecule has 0 bridgehead atoms. The molecule has 2 heterocycles. The smallest absolute Gasteiger partial charge is 0.267 e. The lowest BCUT2D eigenvalue weighted by Crippen LogP contribution is -2.40. The number of anilines is 1. The molecule has 0 unspecified atom stereocenters. The second kappa shape index (κ2) is 5.93. The molecule has 0 N–H and O–H groups in total. The summed E-state index contributed by atoms with van der Waals surface area (Å²) in [6.07, 6.45) is 0. The molecule has 0 aliphatic carbocycles. The van der Waals surface area contributed by atoms with E-state index in [4.69, 9.17) is 0 Å². The molecule has 1 aliphatic heterocycles. The van der Waals surface area contributed by atoms with Crippen molar-refractivity contribution in [2.45, 2.75) is 0 Å². The standard InChI is InChI=1S/C21H12N2O2.ClH/c24-20-15-8-3-6-14-7-4-9-16(19(14)15)21(25)23(20)18-12-11-13-5-1-2-10-17(13)22-18;/h1-12H;1H. The first kappa shape index (κ1) is 16.2. The van der Waals surface area contributed by atoms with Gasteiger partial charge in [0.15, 0.2) is 0 Å². The van der Waals surface area contributed by atoms with Crippen LogP contribution in [0, 0.1) is 0 Å². The van der Waals surface area contributed by atoms with Crippen molar-refractivity contribution in [2.24, 2.45) is 0 Å². The third kappa shape index (κ3) is 2.20. The van der Waals surface area contributed by atoms with Gasteiger partial charge in [0.25, 0.3) is 11.8 Å². The number of carbonyl (C=O) groups excluding carboxylic acids is 2. The number of benzene rings is 3. The Bertz CT molecular complexity index is 1150. The zero-order valence-corrected chi connectivity index (χ0v) is 14.4. The molecule has 0 saturated carbocycles. The topological polar surface area (TPSA) is 50.3 Å². The molecule has 4 nitrogen and oxygen atoms in total. The van der Waals surface area contributed by atoms with E-state index in [9.17, 15) is 9.59 Å². The number of para-hydroxylation sites is 1. The van der Waals surface area contributed by atoms with Crippen LogP contribution in [0.2, 0.25) is 0 Å². The summed E-state index contributed by atoms with van der Waals surface area (Å²) in [5.41, 5.74) is 1.81. The van der Waals surface area contributed by atoms with Gasteiger partial charge in [-0.3, -0.25) is 9.59 Å². The molecular formula is C21H13ClN2O2. The normalized spacial score (nSPS) is 13.2. The van der Waals surface area contributed by atoms with Crippen molar-refractivity contribution in [1.29, 1.82) is 0 Å². The summed E-state index contributed by atoms with van der Waals surface area (Å²) >= 11 is 0. The first-order valence-corrected chi connectivity index (χ1v) is 8.00. The molecule has 0 radical (unpaired) electrons. The third-order valence-corrected chi connectivity index (χ3v) is 4.58. The highest BCUT2D eigenvalue weighted by atomic mass is 35.5. The van der Waals surface area contributed by atoms with Crippen LogP contribution in [0.25, 0.3) is 21.7 Å². The SMILES string of the molecule is Cl.O=C1c2cccc3cccc(c23)C(=O)N1c1ccc2ccccc2n1. The number of pyridine rings is 1. The lowest BCUT2D eigenvalue weighted by molar-refractivity contribution is 0.0892. The Balaban J connectivity index is 0.00000168. The molecule has 2 amide bonds. The van der Waals surface area contributed by atoms with Gasteiger partial charge in [0.05, 0.1) is 5.52 Å². The summed E-state index contributed by atoms with van der Waals surface area (Å²) in [5, 5.41) is 2.57. The van der Waals surface area contributed by atoms with Crippen molar-refractivity contribution >= 4 is 51.7 Å². The number of aromatic nitrogens is 1. The molecular weight excluding hydrogens is 348 g/mol. The second-order valence-corrected chi connectivity index (χ2v) is 6.02. The van der Waals surface area contributed by atoms with Crippen molar-refractivity contribution in [1.82, 2.24) is 4.98 Å². The van der Waals surface area contributed by atoms with Gasteiger partial charge < -0.3 is 0 Å². The Hall–Kier alpha value is -3.24. The van der Waals surface area contributed by atoms with E-state index in [2.05, 4.69) is 4.98 Å². The zero-order valence-electron chi connectivity index (χ0n) is 13.5. The minimum Gasteiger partial charge on any atom is -0.268 e. The van der Waals surface area contributed by atoms with Gasteiger partial charge in [-0.25, -0.2) is 9.88 Å². The van der Waals surface area contributed by atoms with Crippen LogP contribution < -0.4 is 4.90 Å². The summed E-state index contributed by atoms with van der Waals surface area (Å²) < 4.78 is 0. The second-order valence-electron chi connectivity index (χ2n) is 6.02. The van der Waals surface area contributed by atoms with Gasteiger partial charge in [0, 0.05) is 21.9 Å². The summed E-state index contributed by atoms with van der Waals surface area (Å²) in [6.45, 7) is 0. The molecule has 0 saturated heterocycles.